The number of aryl methyl sites for hydroxylation is 1. The van der Waals surface area contributed by atoms with Crippen molar-refractivity contribution in [3.8, 4) is 0 Å². The van der Waals surface area contributed by atoms with Crippen LogP contribution in [-0.4, -0.2) is 47.8 Å². The number of ether oxygens (including phenoxy) is 1. The predicted molar refractivity (Wildman–Crippen MR) is 90.9 cm³/mol. The first-order valence-electron chi connectivity index (χ1n) is 8.25. The van der Waals surface area contributed by atoms with Gasteiger partial charge in [0.2, 0.25) is 5.91 Å². The van der Waals surface area contributed by atoms with Gasteiger partial charge < -0.3 is 20.1 Å². The van der Waals surface area contributed by atoms with Crippen LogP contribution in [0.15, 0.2) is 24.3 Å². The first kappa shape index (κ1) is 15.4. The number of carbonyl (C=O) groups excluding carboxylic acids is 1. The van der Waals surface area contributed by atoms with E-state index >= 15 is 0 Å². The minimum atomic E-state index is -0.343. The van der Waals surface area contributed by atoms with Gasteiger partial charge in [-0.05, 0) is 31.0 Å². The number of amides is 1. The molecule has 6 heteroatoms. The van der Waals surface area contributed by atoms with Crippen LogP contribution in [0, 0.1) is 6.92 Å². The van der Waals surface area contributed by atoms with Crippen molar-refractivity contribution in [1.29, 1.82) is 0 Å². The lowest BCUT2D eigenvalue weighted by Gasteiger charge is -2.33. The molecule has 2 saturated heterocycles. The summed E-state index contributed by atoms with van der Waals surface area (Å²) < 4.78 is 5.83. The summed E-state index contributed by atoms with van der Waals surface area (Å²) >= 11 is 0. The Hall–Kier alpha value is -2.18. The summed E-state index contributed by atoms with van der Waals surface area (Å²) in [7, 11) is 0. The summed E-state index contributed by atoms with van der Waals surface area (Å²) in [6, 6.07) is 8.15. The topological polar surface area (TPSA) is 74.7 Å². The summed E-state index contributed by atoms with van der Waals surface area (Å²) in [5, 5.41) is 13.7. The minimum Gasteiger partial charge on any atom is -0.392 e. The van der Waals surface area contributed by atoms with E-state index in [1.165, 1.54) is 0 Å². The SMILES string of the molecule is Cc1ccc2cc(CO)c(N3CCC4(CNC(=O)CO4)C3)nc2c1. The number of rotatable bonds is 2. The van der Waals surface area contributed by atoms with E-state index in [4.69, 9.17) is 9.72 Å². The molecule has 126 valence electrons. The number of nitrogens with one attached hydrogen (secondary N) is 1. The molecule has 0 radical (unpaired) electrons. The Morgan fingerprint density at radius 3 is 3.04 bits per heavy atom. The zero-order valence-corrected chi connectivity index (χ0v) is 13.7. The van der Waals surface area contributed by atoms with E-state index in [2.05, 4.69) is 16.3 Å². The predicted octanol–water partition coefficient (Wildman–Crippen LogP) is 1.13. The Morgan fingerprint density at radius 2 is 2.29 bits per heavy atom. The maximum atomic E-state index is 11.3. The van der Waals surface area contributed by atoms with Gasteiger partial charge in [-0.2, -0.15) is 0 Å². The Labute approximate surface area is 140 Å². The fourth-order valence-corrected chi connectivity index (χ4v) is 3.57. The zero-order valence-electron chi connectivity index (χ0n) is 13.7. The van der Waals surface area contributed by atoms with E-state index in [0.29, 0.717) is 13.1 Å². The Bertz CT molecular complexity index is 795. The summed E-state index contributed by atoms with van der Waals surface area (Å²) in [4.78, 5) is 18.3. The average molecular weight is 327 g/mol. The average Bonchev–Trinajstić information content (AvgIpc) is 3.00. The highest BCUT2D eigenvalue weighted by atomic mass is 16.5. The molecule has 6 nitrogen and oxygen atoms in total. The molecule has 0 saturated carbocycles. The number of hydrogen-bond acceptors (Lipinski definition) is 5. The molecule has 1 aromatic carbocycles. The van der Waals surface area contributed by atoms with Gasteiger partial charge in [-0.3, -0.25) is 4.79 Å². The number of anilines is 1. The molecular formula is C18H21N3O3. The van der Waals surface area contributed by atoms with Gasteiger partial charge in [0.15, 0.2) is 0 Å². The van der Waals surface area contributed by atoms with Crippen LogP contribution in [0.4, 0.5) is 5.82 Å². The van der Waals surface area contributed by atoms with Gasteiger partial charge in [-0.25, -0.2) is 4.98 Å². The molecule has 2 fully saturated rings. The second-order valence-electron chi connectivity index (χ2n) is 6.75. The Balaban J connectivity index is 1.67. The molecule has 0 aliphatic carbocycles. The third-order valence-electron chi connectivity index (χ3n) is 4.93. The van der Waals surface area contributed by atoms with Gasteiger partial charge in [0.1, 0.15) is 18.0 Å². The van der Waals surface area contributed by atoms with Crippen LogP contribution in [0.1, 0.15) is 17.5 Å². The number of nitrogens with zero attached hydrogens (tertiary/aromatic N) is 2. The third kappa shape index (κ3) is 2.61. The number of morpholine rings is 1. The number of carbonyl (C=O) groups is 1. The molecule has 0 bridgehead atoms. The number of aliphatic hydroxyl groups excluding tert-OH is 1. The highest BCUT2D eigenvalue weighted by Gasteiger charge is 2.43. The molecule has 1 aromatic heterocycles. The molecular weight excluding hydrogens is 306 g/mol. The van der Waals surface area contributed by atoms with Crippen LogP contribution in [0.3, 0.4) is 0 Å². The molecule has 2 N–H and O–H groups in total. The zero-order chi connectivity index (χ0) is 16.7. The molecule has 1 unspecified atom stereocenters. The normalized spacial score (nSPS) is 23.9. The van der Waals surface area contributed by atoms with Gasteiger partial charge in [0, 0.05) is 24.0 Å². The monoisotopic (exact) mass is 327 g/mol. The number of hydrogen-bond donors (Lipinski definition) is 2. The minimum absolute atomic E-state index is 0.0484. The summed E-state index contributed by atoms with van der Waals surface area (Å²) in [6.45, 7) is 4.11. The number of fused-ring (bicyclic) bond motifs is 1. The van der Waals surface area contributed by atoms with Crippen LogP contribution in [-0.2, 0) is 16.1 Å². The lowest BCUT2D eigenvalue weighted by atomic mass is 10.0. The van der Waals surface area contributed by atoms with Crippen molar-refractivity contribution >= 4 is 22.6 Å². The Morgan fingerprint density at radius 1 is 1.42 bits per heavy atom. The van der Waals surface area contributed by atoms with Gasteiger partial charge in [-0.15, -0.1) is 0 Å². The Kier molecular flexibility index (Phi) is 3.66. The van der Waals surface area contributed by atoms with Crippen LogP contribution < -0.4 is 10.2 Å². The van der Waals surface area contributed by atoms with Crippen molar-refractivity contribution in [2.24, 2.45) is 0 Å². The number of benzene rings is 1. The smallest absolute Gasteiger partial charge is 0.246 e. The van der Waals surface area contributed by atoms with Crippen LogP contribution in [0.2, 0.25) is 0 Å². The van der Waals surface area contributed by atoms with Crippen LogP contribution in [0.5, 0.6) is 0 Å². The maximum absolute atomic E-state index is 11.3. The third-order valence-corrected chi connectivity index (χ3v) is 4.93. The summed E-state index contributed by atoms with van der Waals surface area (Å²) in [6.07, 6.45) is 0.839. The second-order valence-corrected chi connectivity index (χ2v) is 6.75. The first-order chi connectivity index (χ1) is 11.6. The highest BCUT2D eigenvalue weighted by Crippen LogP contribution is 2.33. The molecule has 2 aliphatic heterocycles. The largest absolute Gasteiger partial charge is 0.392 e. The number of aliphatic hydroxyl groups is 1. The molecule has 1 atom stereocenters. The van der Waals surface area contributed by atoms with Crippen LogP contribution in [0.25, 0.3) is 10.9 Å². The number of pyridine rings is 1. The van der Waals surface area contributed by atoms with Gasteiger partial charge in [0.05, 0.1) is 18.7 Å². The van der Waals surface area contributed by atoms with E-state index in [9.17, 15) is 9.90 Å². The van der Waals surface area contributed by atoms with E-state index < -0.39 is 0 Å². The molecule has 3 heterocycles. The highest BCUT2D eigenvalue weighted by molar-refractivity contribution is 5.82. The fraction of sp³-hybridized carbons (Fsp3) is 0.444. The van der Waals surface area contributed by atoms with E-state index in [-0.39, 0.29) is 24.7 Å². The van der Waals surface area contributed by atoms with Crippen LogP contribution >= 0.6 is 0 Å². The van der Waals surface area contributed by atoms with E-state index in [1.54, 1.807) is 0 Å². The summed E-state index contributed by atoms with van der Waals surface area (Å²) in [5.74, 6) is 0.752. The molecule has 1 amide bonds. The molecule has 1 spiro atoms. The van der Waals surface area contributed by atoms with Crippen molar-refractivity contribution in [2.45, 2.75) is 25.6 Å². The molecule has 2 aromatic rings. The van der Waals surface area contributed by atoms with Gasteiger partial charge >= 0.3 is 0 Å². The number of aromatic nitrogens is 1. The molecule has 4 rings (SSSR count). The standard InChI is InChI=1S/C18H21N3O3/c1-12-2-3-13-7-14(8-22)17(20-15(13)6-12)21-5-4-18(11-21)10-19-16(23)9-24-18/h2-3,6-7,22H,4-5,8-11H2,1H3,(H,19,23). The maximum Gasteiger partial charge on any atom is 0.246 e. The quantitative estimate of drug-likeness (QED) is 0.865. The first-order valence-corrected chi connectivity index (χ1v) is 8.25. The summed E-state index contributed by atoms with van der Waals surface area (Å²) in [5.41, 5.74) is 2.57. The van der Waals surface area contributed by atoms with Crippen molar-refractivity contribution < 1.29 is 14.6 Å². The van der Waals surface area contributed by atoms with Crippen molar-refractivity contribution in [2.75, 3.05) is 31.1 Å². The molecule has 24 heavy (non-hydrogen) atoms. The van der Waals surface area contributed by atoms with E-state index in [0.717, 1.165) is 40.8 Å². The van der Waals surface area contributed by atoms with Gasteiger partial charge in [0.25, 0.3) is 0 Å². The van der Waals surface area contributed by atoms with Gasteiger partial charge in [-0.1, -0.05) is 12.1 Å². The lowest BCUT2D eigenvalue weighted by molar-refractivity contribution is -0.141. The lowest BCUT2D eigenvalue weighted by Crippen LogP contribution is -2.53. The molecule has 2 aliphatic rings. The van der Waals surface area contributed by atoms with Crippen molar-refractivity contribution in [3.05, 3.63) is 35.4 Å². The van der Waals surface area contributed by atoms with Crippen molar-refractivity contribution in [1.82, 2.24) is 10.3 Å². The fourth-order valence-electron chi connectivity index (χ4n) is 3.57. The van der Waals surface area contributed by atoms with E-state index in [1.807, 2.05) is 25.1 Å². The second kappa shape index (κ2) is 5.72. The van der Waals surface area contributed by atoms with Crippen molar-refractivity contribution in [3.63, 3.8) is 0 Å².